The maximum atomic E-state index is 11.7. The van der Waals surface area contributed by atoms with Crippen LogP contribution in [0.25, 0.3) is 11.5 Å². The van der Waals surface area contributed by atoms with E-state index in [0.717, 1.165) is 28.6 Å². The van der Waals surface area contributed by atoms with Gasteiger partial charge in [-0.1, -0.05) is 37.2 Å². The zero-order chi connectivity index (χ0) is 16.9. The first-order chi connectivity index (χ1) is 11.7. The molecule has 0 spiro atoms. The summed E-state index contributed by atoms with van der Waals surface area (Å²) in [7, 11) is 0. The number of nitrogens with one attached hydrogen (secondary N) is 1. The van der Waals surface area contributed by atoms with Crippen molar-refractivity contribution in [3.63, 3.8) is 0 Å². The van der Waals surface area contributed by atoms with Gasteiger partial charge in [0.1, 0.15) is 0 Å². The summed E-state index contributed by atoms with van der Waals surface area (Å²) in [6.45, 7) is 2.05. The molecule has 0 atom stereocenters. The van der Waals surface area contributed by atoms with Crippen molar-refractivity contribution in [2.45, 2.75) is 30.7 Å². The molecule has 0 amide bonds. The predicted molar refractivity (Wildman–Crippen MR) is 95.8 cm³/mol. The van der Waals surface area contributed by atoms with Crippen molar-refractivity contribution in [2.75, 3.05) is 0 Å². The first-order valence-electron chi connectivity index (χ1n) is 7.46. The third-order valence-electron chi connectivity index (χ3n) is 3.18. The number of hydrogen-bond acceptors (Lipinski definition) is 6. The highest BCUT2D eigenvalue weighted by atomic mass is 79.9. The second kappa shape index (κ2) is 7.76. The maximum absolute atomic E-state index is 11.7. The van der Waals surface area contributed by atoms with Crippen molar-refractivity contribution < 1.29 is 4.42 Å². The minimum atomic E-state index is -0.143. The van der Waals surface area contributed by atoms with Gasteiger partial charge in [0.25, 0.3) is 5.56 Å². The lowest BCUT2D eigenvalue weighted by Gasteiger charge is -2.01. The van der Waals surface area contributed by atoms with Crippen LogP contribution in [0.5, 0.6) is 0 Å². The molecule has 6 nitrogen and oxygen atoms in total. The second-order valence-electron chi connectivity index (χ2n) is 5.06. The number of aryl methyl sites for hydroxylation is 1. The number of halogens is 1. The van der Waals surface area contributed by atoms with Gasteiger partial charge in [-0.25, -0.2) is 4.98 Å². The molecule has 3 aromatic rings. The predicted octanol–water partition coefficient (Wildman–Crippen LogP) is 3.83. The van der Waals surface area contributed by atoms with Gasteiger partial charge in [0.05, 0.1) is 11.3 Å². The van der Waals surface area contributed by atoms with E-state index in [4.69, 9.17) is 4.42 Å². The van der Waals surface area contributed by atoms with Crippen LogP contribution in [0.1, 0.15) is 24.9 Å². The molecular formula is C16H15BrN4O2S. The summed E-state index contributed by atoms with van der Waals surface area (Å²) in [4.78, 5) is 18.8. The Balaban J connectivity index is 1.72. The van der Waals surface area contributed by atoms with E-state index in [9.17, 15) is 4.79 Å². The Labute approximate surface area is 151 Å². The van der Waals surface area contributed by atoms with Crippen LogP contribution < -0.4 is 5.56 Å². The number of rotatable bonds is 6. The summed E-state index contributed by atoms with van der Waals surface area (Å²) in [5.41, 5.74) is 1.50. The molecule has 24 heavy (non-hydrogen) atoms. The summed E-state index contributed by atoms with van der Waals surface area (Å²) < 4.78 is 6.58. The lowest BCUT2D eigenvalue weighted by atomic mass is 10.2. The van der Waals surface area contributed by atoms with E-state index >= 15 is 0 Å². The summed E-state index contributed by atoms with van der Waals surface area (Å²) in [6.07, 6.45) is 1.73. The average molecular weight is 407 g/mol. The molecule has 0 radical (unpaired) electrons. The normalized spacial score (nSPS) is 10.9. The highest BCUT2D eigenvalue weighted by Crippen LogP contribution is 2.28. The number of benzene rings is 1. The van der Waals surface area contributed by atoms with Crippen LogP contribution in [0.3, 0.4) is 0 Å². The Bertz CT molecular complexity index is 894. The fraction of sp³-hybridized carbons (Fsp3) is 0.250. The average Bonchev–Trinajstić information content (AvgIpc) is 3.02. The Morgan fingerprint density at radius 2 is 2.12 bits per heavy atom. The van der Waals surface area contributed by atoms with Crippen LogP contribution in [-0.4, -0.2) is 20.2 Å². The smallest absolute Gasteiger partial charge is 0.251 e. The number of aromatic nitrogens is 4. The van der Waals surface area contributed by atoms with Crippen molar-refractivity contribution in [3.8, 4) is 11.5 Å². The van der Waals surface area contributed by atoms with Gasteiger partial charge < -0.3 is 9.40 Å². The summed E-state index contributed by atoms with van der Waals surface area (Å²) >= 11 is 4.83. The molecule has 0 aliphatic heterocycles. The number of nitrogens with zero attached hydrogens (tertiary/aromatic N) is 3. The first kappa shape index (κ1) is 16.9. The third kappa shape index (κ3) is 4.12. The molecule has 124 valence electrons. The number of hydrogen-bond donors (Lipinski definition) is 1. The molecule has 3 rings (SSSR count). The van der Waals surface area contributed by atoms with Gasteiger partial charge in [-0.05, 0) is 34.5 Å². The van der Waals surface area contributed by atoms with E-state index in [1.807, 2.05) is 24.3 Å². The van der Waals surface area contributed by atoms with Crippen LogP contribution in [0.15, 0.2) is 49.2 Å². The van der Waals surface area contributed by atoms with Gasteiger partial charge in [-0.15, -0.1) is 10.2 Å². The molecule has 0 bridgehead atoms. The fourth-order valence-corrected chi connectivity index (χ4v) is 3.31. The summed E-state index contributed by atoms with van der Waals surface area (Å²) in [5, 5.41) is 8.69. The molecule has 1 N–H and O–H groups in total. The lowest BCUT2D eigenvalue weighted by Crippen LogP contribution is -2.09. The van der Waals surface area contributed by atoms with Gasteiger partial charge in [-0.3, -0.25) is 4.79 Å². The van der Waals surface area contributed by atoms with Crippen LogP contribution in [0, 0.1) is 0 Å². The number of aromatic amines is 1. The zero-order valence-electron chi connectivity index (χ0n) is 13.0. The minimum absolute atomic E-state index is 0.143. The van der Waals surface area contributed by atoms with Crippen LogP contribution >= 0.6 is 27.7 Å². The van der Waals surface area contributed by atoms with Crippen molar-refractivity contribution in [1.82, 2.24) is 20.2 Å². The van der Waals surface area contributed by atoms with Crippen molar-refractivity contribution >= 4 is 27.7 Å². The van der Waals surface area contributed by atoms with Gasteiger partial charge in [0.15, 0.2) is 5.16 Å². The molecule has 0 aliphatic carbocycles. The van der Waals surface area contributed by atoms with E-state index in [1.165, 1.54) is 17.8 Å². The van der Waals surface area contributed by atoms with Crippen LogP contribution in [0.4, 0.5) is 0 Å². The SMILES string of the molecule is CCCc1cc(=O)[nH]c(SCc2nnc(-c3ccccc3Br)o2)n1. The van der Waals surface area contributed by atoms with E-state index in [1.54, 1.807) is 0 Å². The van der Waals surface area contributed by atoms with Gasteiger partial charge in [0, 0.05) is 16.2 Å². The quantitative estimate of drug-likeness (QED) is 0.494. The Hall–Kier alpha value is -1.93. The van der Waals surface area contributed by atoms with Crippen molar-refractivity contribution in [2.24, 2.45) is 0 Å². The fourth-order valence-electron chi connectivity index (χ4n) is 2.12. The highest BCUT2D eigenvalue weighted by molar-refractivity contribution is 9.10. The molecule has 8 heteroatoms. The molecule has 0 saturated carbocycles. The van der Waals surface area contributed by atoms with Crippen molar-refractivity contribution in [3.05, 3.63) is 56.7 Å². The molecule has 0 aliphatic rings. The molecule has 2 aromatic heterocycles. The van der Waals surface area contributed by atoms with Crippen LogP contribution in [0.2, 0.25) is 0 Å². The largest absolute Gasteiger partial charge is 0.420 e. The monoisotopic (exact) mass is 406 g/mol. The summed E-state index contributed by atoms with van der Waals surface area (Å²) in [5.74, 6) is 1.38. The molecule has 1 aromatic carbocycles. The third-order valence-corrected chi connectivity index (χ3v) is 4.73. The zero-order valence-corrected chi connectivity index (χ0v) is 15.4. The standard InChI is InChI=1S/C16H15BrN4O2S/c1-2-5-10-8-13(22)19-16(18-10)24-9-14-20-21-15(23-14)11-6-3-4-7-12(11)17/h3-4,6-8H,2,5,9H2,1H3,(H,18,19,22). The number of thioether (sulfide) groups is 1. The summed E-state index contributed by atoms with van der Waals surface area (Å²) in [6, 6.07) is 9.19. The van der Waals surface area contributed by atoms with Crippen LogP contribution in [-0.2, 0) is 12.2 Å². The second-order valence-corrected chi connectivity index (χ2v) is 6.88. The Morgan fingerprint density at radius 3 is 2.92 bits per heavy atom. The van der Waals surface area contributed by atoms with Gasteiger partial charge >= 0.3 is 0 Å². The molecular weight excluding hydrogens is 392 g/mol. The highest BCUT2D eigenvalue weighted by Gasteiger charge is 2.12. The van der Waals surface area contributed by atoms with E-state index < -0.39 is 0 Å². The molecule has 0 unspecified atom stereocenters. The van der Waals surface area contributed by atoms with E-state index in [0.29, 0.717) is 22.7 Å². The Morgan fingerprint density at radius 1 is 1.29 bits per heavy atom. The van der Waals surface area contributed by atoms with E-state index in [-0.39, 0.29) is 5.56 Å². The number of H-pyrrole nitrogens is 1. The first-order valence-corrected chi connectivity index (χ1v) is 9.24. The van der Waals surface area contributed by atoms with Gasteiger partial charge in [0.2, 0.25) is 11.8 Å². The van der Waals surface area contributed by atoms with E-state index in [2.05, 4.69) is 43.0 Å². The Kier molecular flexibility index (Phi) is 5.47. The van der Waals surface area contributed by atoms with Crippen molar-refractivity contribution in [1.29, 1.82) is 0 Å². The lowest BCUT2D eigenvalue weighted by molar-refractivity contribution is 0.528. The minimum Gasteiger partial charge on any atom is -0.420 e. The topological polar surface area (TPSA) is 84.7 Å². The molecule has 0 fully saturated rings. The molecule has 2 heterocycles. The maximum Gasteiger partial charge on any atom is 0.251 e. The molecule has 0 saturated heterocycles. The van der Waals surface area contributed by atoms with Gasteiger partial charge in [-0.2, -0.15) is 0 Å².